The molecule has 3 rings (SSSR count). The maximum Gasteiger partial charge on any atom is 0.189 e. The zero-order valence-corrected chi connectivity index (χ0v) is 18.0. The molecule has 3 N–H and O–H groups in total. The van der Waals surface area contributed by atoms with E-state index in [0.717, 1.165) is 24.2 Å². The molecule has 2 unspecified atom stereocenters. The Bertz CT molecular complexity index is 724. The maximum atomic E-state index is 6.05. The van der Waals surface area contributed by atoms with Crippen LogP contribution in [0.1, 0.15) is 43.0 Å². The van der Waals surface area contributed by atoms with Crippen molar-refractivity contribution in [1.29, 1.82) is 0 Å². The Hall–Kier alpha value is -1.80. The normalized spacial score (nSPS) is 17.2. The molecule has 0 saturated heterocycles. The van der Waals surface area contributed by atoms with Gasteiger partial charge in [0.2, 0.25) is 0 Å². The highest BCUT2D eigenvalue weighted by atomic mass is 127. The fourth-order valence-corrected chi connectivity index (χ4v) is 3.06. The van der Waals surface area contributed by atoms with Crippen LogP contribution in [0.15, 0.2) is 59.6 Å². The van der Waals surface area contributed by atoms with E-state index in [1.807, 2.05) is 36.4 Å². The van der Waals surface area contributed by atoms with Gasteiger partial charge in [-0.05, 0) is 25.0 Å². The smallest absolute Gasteiger partial charge is 0.189 e. The molecule has 5 nitrogen and oxygen atoms in total. The molecule has 1 aliphatic heterocycles. The molecule has 0 aromatic heterocycles. The van der Waals surface area contributed by atoms with E-state index in [1.54, 1.807) is 0 Å². The van der Waals surface area contributed by atoms with Crippen LogP contribution >= 0.6 is 24.0 Å². The standard InChI is InChI=1S/C21H27N3O2.HI/c1-16(17-8-3-2-4-9-17)25-14-7-13-23-21(22)24-19-12-15-26-20-11-6-5-10-18(19)20;/h2-6,8-11,16,19H,7,12-15H2,1H3,(H3,22,23,24);1H. The van der Waals surface area contributed by atoms with Gasteiger partial charge in [-0.2, -0.15) is 0 Å². The summed E-state index contributed by atoms with van der Waals surface area (Å²) >= 11 is 0. The van der Waals surface area contributed by atoms with Crippen LogP contribution in [-0.4, -0.2) is 25.7 Å². The van der Waals surface area contributed by atoms with E-state index >= 15 is 0 Å². The summed E-state index contributed by atoms with van der Waals surface area (Å²) in [5.41, 5.74) is 8.38. The second-order valence-electron chi connectivity index (χ2n) is 6.42. The van der Waals surface area contributed by atoms with E-state index in [-0.39, 0.29) is 36.1 Å². The van der Waals surface area contributed by atoms with Crippen LogP contribution in [-0.2, 0) is 4.74 Å². The number of nitrogens with one attached hydrogen (secondary N) is 1. The monoisotopic (exact) mass is 481 g/mol. The van der Waals surface area contributed by atoms with Gasteiger partial charge in [0.05, 0.1) is 18.8 Å². The molecule has 1 aliphatic rings. The van der Waals surface area contributed by atoms with Crippen molar-refractivity contribution in [2.75, 3.05) is 19.8 Å². The number of halogens is 1. The van der Waals surface area contributed by atoms with Crippen molar-refractivity contribution in [2.45, 2.75) is 31.9 Å². The van der Waals surface area contributed by atoms with E-state index in [9.17, 15) is 0 Å². The second-order valence-corrected chi connectivity index (χ2v) is 6.42. The minimum Gasteiger partial charge on any atom is -0.493 e. The van der Waals surface area contributed by atoms with Gasteiger partial charge in [-0.3, -0.25) is 4.99 Å². The molecule has 0 aliphatic carbocycles. The van der Waals surface area contributed by atoms with Gasteiger partial charge in [-0.1, -0.05) is 48.5 Å². The van der Waals surface area contributed by atoms with Crippen LogP contribution in [0, 0.1) is 0 Å². The Morgan fingerprint density at radius 1 is 1.22 bits per heavy atom. The van der Waals surface area contributed by atoms with Gasteiger partial charge in [-0.15, -0.1) is 24.0 Å². The van der Waals surface area contributed by atoms with Crippen LogP contribution in [0.3, 0.4) is 0 Å². The summed E-state index contributed by atoms with van der Waals surface area (Å²) in [6.07, 6.45) is 1.81. The Balaban J connectivity index is 0.00000261. The first-order valence-electron chi connectivity index (χ1n) is 9.19. The fraction of sp³-hybridized carbons (Fsp3) is 0.381. The van der Waals surface area contributed by atoms with Crippen molar-refractivity contribution in [3.63, 3.8) is 0 Å². The highest BCUT2D eigenvalue weighted by molar-refractivity contribution is 14.0. The number of para-hydroxylation sites is 1. The second kappa shape index (κ2) is 11.1. The number of rotatable bonds is 7. The molecule has 2 aromatic carbocycles. The van der Waals surface area contributed by atoms with Crippen LogP contribution in [0.2, 0.25) is 0 Å². The Morgan fingerprint density at radius 3 is 2.78 bits per heavy atom. The summed E-state index contributed by atoms with van der Waals surface area (Å²) in [4.78, 5) is 4.42. The van der Waals surface area contributed by atoms with Crippen molar-refractivity contribution in [3.05, 3.63) is 65.7 Å². The largest absolute Gasteiger partial charge is 0.493 e. The van der Waals surface area contributed by atoms with E-state index in [2.05, 4.69) is 35.4 Å². The first-order chi connectivity index (χ1) is 12.7. The molecule has 0 radical (unpaired) electrons. The summed E-state index contributed by atoms with van der Waals surface area (Å²) < 4.78 is 11.5. The molecule has 0 amide bonds. The highest BCUT2D eigenvalue weighted by Crippen LogP contribution is 2.31. The molecule has 2 aromatic rings. The lowest BCUT2D eigenvalue weighted by atomic mass is 10.0. The highest BCUT2D eigenvalue weighted by Gasteiger charge is 2.21. The van der Waals surface area contributed by atoms with Crippen LogP contribution < -0.4 is 15.8 Å². The molecule has 1 heterocycles. The van der Waals surface area contributed by atoms with Gasteiger partial charge in [0.25, 0.3) is 0 Å². The minimum absolute atomic E-state index is 0. The van der Waals surface area contributed by atoms with Crippen molar-refractivity contribution in [3.8, 4) is 5.75 Å². The molecule has 0 spiro atoms. The van der Waals surface area contributed by atoms with Gasteiger partial charge >= 0.3 is 0 Å². The van der Waals surface area contributed by atoms with Gasteiger partial charge in [-0.25, -0.2) is 0 Å². The van der Waals surface area contributed by atoms with Crippen LogP contribution in [0.4, 0.5) is 0 Å². The summed E-state index contributed by atoms with van der Waals surface area (Å²) in [6, 6.07) is 18.4. The fourth-order valence-electron chi connectivity index (χ4n) is 3.06. The number of ether oxygens (including phenoxy) is 2. The molecular formula is C21H28IN3O2. The van der Waals surface area contributed by atoms with Crippen molar-refractivity contribution in [1.82, 2.24) is 5.32 Å². The molecule has 0 bridgehead atoms. The van der Waals surface area contributed by atoms with E-state index in [0.29, 0.717) is 25.7 Å². The van der Waals surface area contributed by atoms with Crippen LogP contribution in [0.5, 0.6) is 5.75 Å². The first kappa shape index (κ1) is 21.5. The number of nitrogens with zero attached hydrogens (tertiary/aromatic N) is 1. The van der Waals surface area contributed by atoms with E-state index in [1.165, 1.54) is 5.56 Å². The Labute approximate surface area is 178 Å². The SMILES string of the molecule is CC(OCCCN=C(N)NC1CCOc2ccccc21)c1ccccc1.I. The average molecular weight is 481 g/mol. The zero-order chi connectivity index (χ0) is 18.2. The zero-order valence-electron chi connectivity index (χ0n) is 15.6. The molecule has 27 heavy (non-hydrogen) atoms. The summed E-state index contributed by atoms with van der Waals surface area (Å²) in [7, 11) is 0. The molecule has 2 atom stereocenters. The molecule has 6 heteroatoms. The van der Waals surface area contributed by atoms with Gasteiger partial charge in [0.15, 0.2) is 5.96 Å². The van der Waals surface area contributed by atoms with Gasteiger partial charge < -0.3 is 20.5 Å². The van der Waals surface area contributed by atoms with Crippen molar-refractivity contribution >= 4 is 29.9 Å². The third-order valence-electron chi connectivity index (χ3n) is 4.50. The maximum absolute atomic E-state index is 6.05. The number of hydrogen-bond acceptors (Lipinski definition) is 3. The van der Waals surface area contributed by atoms with Crippen molar-refractivity contribution < 1.29 is 9.47 Å². The quantitative estimate of drug-likeness (QED) is 0.269. The predicted molar refractivity (Wildman–Crippen MR) is 120 cm³/mol. The number of guanidine groups is 1. The predicted octanol–water partition coefficient (Wildman–Crippen LogP) is 4.20. The number of fused-ring (bicyclic) bond motifs is 1. The molecule has 146 valence electrons. The number of hydrogen-bond donors (Lipinski definition) is 2. The van der Waals surface area contributed by atoms with Crippen LogP contribution in [0.25, 0.3) is 0 Å². The van der Waals surface area contributed by atoms with E-state index in [4.69, 9.17) is 15.2 Å². The lowest BCUT2D eigenvalue weighted by Crippen LogP contribution is -2.37. The third-order valence-corrected chi connectivity index (χ3v) is 4.50. The summed E-state index contributed by atoms with van der Waals surface area (Å²) in [5.74, 6) is 1.40. The lowest BCUT2D eigenvalue weighted by Gasteiger charge is -2.26. The topological polar surface area (TPSA) is 68.9 Å². The Kier molecular flexibility index (Phi) is 8.87. The van der Waals surface area contributed by atoms with E-state index < -0.39 is 0 Å². The first-order valence-corrected chi connectivity index (χ1v) is 9.19. The van der Waals surface area contributed by atoms with Crippen molar-refractivity contribution in [2.24, 2.45) is 10.7 Å². The summed E-state index contributed by atoms with van der Waals surface area (Å²) in [6.45, 7) is 4.06. The van der Waals surface area contributed by atoms with Gasteiger partial charge in [0.1, 0.15) is 5.75 Å². The number of nitrogens with two attached hydrogens (primary N) is 1. The average Bonchev–Trinajstić information content (AvgIpc) is 2.68. The molecule has 0 saturated carbocycles. The lowest BCUT2D eigenvalue weighted by molar-refractivity contribution is 0.0652. The third kappa shape index (κ3) is 6.39. The molecular weight excluding hydrogens is 453 g/mol. The minimum atomic E-state index is 0. The summed E-state index contributed by atoms with van der Waals surface area (Å²) in [5, 5.41) is 3.31. The number of aliphatic imine (C=N–C) groups is 1. The van der Waals surface area contributed by atoms with Gasteiger partial charge in [0, 0.05) is 25.1 Å². The Morgan fingerprint density at radius 2 is 1.96 bits per heavy atom. The number of benzene rings is 2. The molecule has 0 fully saturated rings.